The van der Waals surface area contributed by atoms with E-state index < -0.39 is 5.60 Å². The first-order valence-electron chi connectivity index (χ1n) is 5.30. The van der Waals surface area contributed by atoms with E-state index in [9.17, 15) is 5.11 Å². The standard InChI is InChI=1S/C11H20O2/c1-8-6-9(11(3)7-13-11)4-5-10(8,2)12/h8-9,12H,4-7H2,1-3H3. The van der Waals surface area contributed by atoms with Crippen LogP contribution in [0.4, 0.5) is 0 Å². The van der Waals surface area contributed by atoms with Crippen molar-refractivity contribution < 1.29 is 9.84 Å². The molecule has 2 nitrogen and oxygen atoms in total. The Morgan fingerprint density at radius 1 is 1.38 bits per heavy atom. The predicted octanol–water partition coefficient (Wildman–Crippen LogP) is 1.96. The minimum atomic E-state index is -0.443. The number of epoxide rings is 1. The van der Waals surface area contributed by atoms with Gasteiger partial charge in [0.15, 0.2) is 0 Å². The average molecular weight is 184 g/mol. The molecule has 13 heavy (non-hydrogen) atoms. The number of hydrogen-bond acceptors (Lipinski definition) is 2. The van der Waals surface area contributed by atoms with E-state index in [2.05, 4.69) is 13.8 Å². The lowest BCUT2D eigenvalue weighted by atomic mass is 9.69. The van der Waals surface area contributed by atoms with Crippen molar-refractivity contribution >= 4 is 0 Å². The second-order valence-electron chi connectivity index (χ2n) is 5.33. The second kappa shape index (κ2) is 2.71. The zero-order chi connectivity index (χ0) is 9.69. The zero-order valence-corrected chi connectivity index (χ0v) is 8.84. The van der Waals surface area contributed by atoms with Gasteiger partial charge in [-0.25, -0.2) is 0 Å². The Labute approximate surface area is 80.3 Å². The first-order valence-corrected chi connectivity index (χ1v) is 5.30. The monoisotopic (exact) mass is 184 g/mol. The third-order valence-electron chi connectivity index (χ3n) is 4.16. The van der Waals surface area contributed by atoms with Crippen LogP contribution in [-0.2, 0) is 4.74 Å². The molecule has 0 bridgehead atoms. The van der Waals surface area contributed by atoms with E-state index in [1.165, 1.54) is 0 Å². The van der Waals surface area contributed by atoms with Crippen LogP contribution in [0.1, 0.15) is 40.0 Å². The molecule has 2 fully saturated rings. The van der Waals surface area contributed by atoms with Gasteiger partial charge >= 0.3 is 0 Å². The van der Waals surface area contributed by atoms with Crippen LogP contribution in [0.5, 0.6) is 0 Å². The fourth-order valence-electron chi connectivity index (χ4n) is 2.42. The summed E-state index contributed by atoms with van der Waals surface area (Å²) in [6.45, 7) is 7.23. The summed E-state index contributed by atoms with van der Waals surface area (Å²) in [4.78, 5) is 0. The van der Waals surface area contributed by atoms with Gasteiger partial charge in [0.05, 0.1) is 17.8 Å². The lowest BCUT2D eigenvalue weighted by Crippen LogP contribution is -2.41. The van der Waals surface area contributed by atoms with Crippen LogP contribution in [-0.4, -0.2) is 22.9 Å². The van der Waals surface area contributed by atoms with Crippen LogP contribution in [0.3, 0.4) is 0 Å². The molecule has 0 aromatic heterocycles. The summed E-state index contributed by atoms with van der Waals surface area (Å²) in [5, 5.41) is 10.0. The Morgan fingerprint density at radius 3 is 2.46 bits per heavy atom. The minimum absolute atomic E-state index is 0.157. The molecule has 1 heterocycles. The average Bonchev–Trinajstić information content (AvgIpc) is 2.75. The summed E-state index contributed by atoms with van der Waals surface area (Å²) in [5.41, 5.74) is -0.285. The Hall–Kier alpha value is -0.0800. The quantitative estimate of drug-likeness (QED) is 0.632. The first-order chi connectivity index (χ1) is 5.94. The van der Waals surface area contributed by atoms with Crippen molar-refractivity contribution in [2.75, 3.05) is 6.61 Å². The molecular weight excluding hydrogens is 164 g/mol. The molecule has 2 heteroatoms. The summed E-state index contributed by atoms with van der Waals surface area (Å²) < 4.78 is 5.47. The van der Waals surface area contributed by atoms with Crippen molar-refractivity contribution in [1.29, 1.82) is 0 Å². The van der Waals surface area contributed by atoms with E-state index in [1.807, 2.05) is 6.92 Å². The van der Waals surface area contributed by atoms with Gasteiger partial charge in [0.2, 0.25) is 0 Å². The molecule has 4 atom stereocenters. The minimum Gasteiger partial charge on any atom is -0.390 e. The van der Waals surface area contributed by atoms with Crippen LogP contribution in [0.15, 0.2) is 0 Å². The Bertz CT molecular complexity index is 206. The van der Waals surface area contributed by atoms with E-state index in [0.29, 0.717) is 11.8 Å². The smallest absolute Gasteiger partial charge is 0.0916 e. The number of hydrogen-bond donors (Lipinski definition) is 1. The molecular formula is C11H20O2. The molecule has 1 saturated heterocycles. The molecule has 0 amide bonds. The largest absolute Gasteiger partial charge is 0.390 e. The van der Waals surface area contributed by atoms with Crippen LogP contribution in [0.2, 0.25) is 0 Å². The third kappa shape index (κ3) is 1.62. The SMILES string of the molecule is CC1CC(C2(C)CO2)CCC1(C)O. The lowest BCUT2D eigenvalue weighted by Gasteiger charge is -2.40. The molecule has 1 aliphatic heterocycles. The van der Waals surface area contributed by atoms with E-state index in [-0.39, 0.29) is 5.60 Å². The highest BCUT2D eigenvalue weighted by atomic mass is 16.6. The summed E-state index contributed by atoms with van der Waals surface area (Å²) in [5.74, 6) is 1.08. The van der Waals surface area contributed by atoms with Crippen LogP contribution >= 0.6 is 0 Å². The van der Waals surface area contributed by atoms with E-state index in [0.717, 1.165) is 25.9 Å². The molecule has 0 radical (unpaired) electrons. The molecule has 0 spiro atoms. The molecule has 0 aromatic carbocycles. The van der Waals surface area contributed by atoms with E-state index >= 15 is 0 Å². The highest BCUT2D eigenvalue weighted by Gasteiger charge is 2.50. The Kier molecular flexibility index (Phi) is 1.97. The summed E-state index contributed by atoms with van der Waals surface area (Å²) in [6.07, 6.45) is 3.16. The van der Waals surface area contributed by atoms with Gasteiger partial charge in [0.1, 0.15) is 0 Å². The van der Waals surface area contributed by atoms with Gasteiger partial charge in [-0.3, -0.25) is 0 Å². The molecule has 2 rings (SSSR count). The van der Waals surface area contributed by atoms with E-state index in [1.54, 1.807) is 0 Å². The van der Waals surface area contributed by atoms with Crippen molar-refractivity contribution in [2.24, 2.45) is 11.8 Å². The van der Waals surface area contributed by atoms with Crippen molar-refractivity contribution in [3.05, 3.63) is 0 Å². The van der Waals surface area contributed by atoms with Crippen LogP contribution in [0.25, 0.3) is 0 Å². The van der Waals surface area contributed by atoms with Crippen LogP contribution in [0, 0.1) is 11.8 Å². The Balaban J connectivity index is 1.99. The molecule has 76 valence electrons. The van der Waals surface area contributed by atoms with Gasteiger partial charge in [0, 0.05) is 0 Å². The zero-order valence-electron chi connectivity index (χ0n) is 8.84. The van der Waals surface area contributed by atoms with Crippen molar-refractivity contribution in [1.82, 2.24) is 0 Å². The normalized spacial score (nSPS) is 56.3. The van der Waals surface area contributed by atoms with Crippen molar-refractivity contribution in [3.8, 4) is 0 Å². The molecule has 1 saturated carbocycles. The van der Waals surface area contributed by atoms with Crippen molar-refractivity contribution in [2.45, 2.75) is 51.2 Å². The van der Waals surface area contributed by atoms with Gasteiger partial charge in [-0.2, -0.15) is 0 Å². The second-order valence-corrected chi connectivity index (χ2v) is 5.33. The van der Waals surface area contributed by atoms with E-state index in [4.69, 9.17) is 4.74 Å². The molecule has 1 aliphatic carbocycles. The summed E-state index contributed by atoms with van der Waals surface area (Å²) in [7, 11) is 0. The predicted molar refractivity (Wildman–Crippen MR) is 51.5 cm³/mol. The van der Waals surface area contributed by atoms with Crippen LogP contribution < -0.4 is 0 Å². The van der Waals surface area contributed by atoms with Gasteiger partial charge in [-0.15, -0.1) is 0 Å². The maximum Gasteiger partial charge on any atom is 0.0916 e. The number of rotatable bonds is 1. The molecule has 4 unspecified atom stereocenters. The molecule has 1 N–H and O–H groups in total. The number of aliphatic hydroxyl groups is 1. The maximum absolute atomic E-state index is 10.0. The summed E-state index contributed by atoms with van der Waals surface area (Å²) in [6, 6.07) is 0. The maximum atomic E-state index is 10.0. The van der Waals surface area contributed by atoms with Gasteiger partial charge < -0.3 is 9.84 Å². The highest BCUT2D eigenvalue weighted by molar-refractivity contribution is 4.99. The third-order valence-corrected chi connectivity index (χ3v) is 4.16. The van der Waals surface area contributed by atoms with Crippen molar-refractivity contribution in [3.63, 3.8) is 0 Å². The highest BCUT2D eigenvalue weighted by Crippen LogP contribution is 2.47. The van der Waals surface area contributed by atoms with Gasteiger partial charge in [-0.05, 0) is 44.9 Å². The van der Waals surface area contributed by atoms with Gasteiger partial charge in [0.25, 0.3) is 0 Å². The topological polar surface area (TPSA) is 32.8 Å². The molecule has 0 aromatic rings. The fraction of sp³-hybridized carbons (Fsp3) is 1.00. The lowest BCUT2D eigenvalue weighted by molar-refractivity contribution is -0.0487. The fourth-order valence-corrected chi connectivity index (χ4v) is 2.42. The Morgan fingerprint density at radius 2 is 2.00 bits per heavy atom. The van der Waals surface area contributed by atoms with Gasteiger partial charge in [-0.1, -0.05) is 6.92 Å². The molecule has 2 aliphatic rings. The summed E-state index contributed by atoms with van der Waals surface area (Å²) >= 11 is 0. The number of ether oxygens (including phenoxy) is 1. The first kappa shape index (κ1) is 9.47.